The van der Waals surface area contributed by atoms with Crippen LogP contribution in [-0.4, -0.2) is 39.7 Å². The van der Waals surface area contributed by atoms with Crippen LogP contribution in [0.2, 0.25) is 5.02 Å². The van der Waals surface area contributed by atoms with Gasteiger partial charge in [-0.1, -0.05) is 53.7 Å². The summed E-state index contributed by atoms with van der Waals surface area (Å²) in [6.45, 7) is 2.68. The van der Waals surface area contributed by atoms with Crippen molar-refractivity contribution in [2.75, 3.05) is 12.9 Å². The Labute approximate surface area is 200 Å². The van der Waals surface area contributed by atoms with Gasteiger partial charge in [-0.05, 0) is 48.0 Å². The molecule has 0 bridgehead atoms. The highest BCUT2D eigenvalue weighted by Gasteiger charge is 2.14. The number of amides is 1. The lowest BCUT2D eigenvalue weighted by Gasteiger charge is -2.08. The molecule has 0 saturated carbocycles. The first-order valence-corrected chi connectivity index (χ1v) is 11.7. The van der Waals surface area contributed by atoms with E-state index in [4.69, 9.17) is 16.3 Å². The summed E-state index contributed by atoms with van der Waals surface area (Å²) in [6, 6.07) is 19.2. The molecule has 1 amide bonds. The van der Waals surface area contributed by atoms with E-state index in [-0.39, 0.29) is 11.7 Å². The molecule has 9 heteroatoms. The summed E-state index contributed by atoms with van der Waals surface area (Å²) in [5, 5.41) is 16.1. The molecule has 0 aliphatic carbocycles. The SMILES string of the molecule is CCn1c(SCC(=O)N/N=C/c2c(OC)ccc3ccccc23)nnc1-c1ccc(Cl)cc1. The number of thioether (sulfide) groups is 1. The second kappa shape index (κ2) is 10.5. The number of carbonyl (C=O) groups excluding carboxylic acids is 1. The van der Waals surface area contributed by atoms with E-state index in [9.17, 15) is 4.79 Å². The molecule has 1 N–H and O–H groups in total. The molecule has 0 radical (unpaired) electrons. The van der Waals surface area contributed by atoms with Gasteiger partial charge >= 0.3 is 0 Å². The van der Waals surface area contributed by atoms with Gasteiger partial charge in [-0.15, -0.1) is 10.2 Å². The van der Waals surface area contributed by atoms with Crippen molar-refractivity contribution in [3.63, 3.8) is 0 Å². The normalized spacial score (nSPS) is 11.2. The highest BCUT2D eigenvalue weighted by Crippen LogP contribution is 2.27. The number of halogens is 1. The van der Waals surface area contributed by atoms with Crippen LogP contribution in [0.5, 0.6) is 5.75 Å². The lowest BCUT2D eigenvalue weighted by atomic mass is 10.0. The smallest absolute Gasteiger partial charge is 0.250 e. The number of benzene rings is 3. The Morgan fingerprint density at radius 2 is 1.94 bits per heavy atom. The largest absolute Gasteiger partial charge is 0.496 e. The lowest BCUT2D eigenvalue weighted by molar-refractivity contribution is -0.118. The van der Waals surface area contributed by atoms with E-state index in [0.29, 0.717) is 22.5 Å². The predicted octanol–water partition coefficient (Wildman–Crippen LogP) is 5.02. The van der Waals surface area contributed by atoms with Gasteiger partial charge < -0.3 is 9.30 Å². The summed E-state index contributed by atoms with van der Waals surface area (Å²) >= 11 is 7.29. The van der Waals surface area contributed by atoms with Crippen molar-refractivity contribution in [2.24, 2.45) is 5.10 Å². The van der Waals surface area contributed by atoms with Gasteiger partial charge in [-0.3, -0.25) is 4.79 Å². The van der Waals surface area contributed by atoms with Crippen LogP contribution in [-0.2, 0) is 11.3 Å². The fourth-order valence-corrected chi connectivity index (χ4v) is 4.33. The Morgan fingerprint density at radius 1 is 1.15 bits per heavy atom. The number of hydrogen-bond acceptors (Lipinski definition) is 6. The topological polar surface area (TPSA) is 81.4 Å². The van der Waals surface area contributed by atoms with E-state index >= 15 is 0 Å². The van der Waals surface area contributed by atoms with Crippen LogP contribution in [0.15, 0.2) is 70.9 Å². The Morgan fingerprint density at radius 3 is 2.70 bits per heavy atom. The number of aromatic nitrogens is 3. The average Bonchev–Trinajstić information content (AvgIpc) is 3.26. The molecule has 7 nitrogen and oxygen atoms in total. The van der Waals surface area contributed by atoms with E-state index in [2.05, 4.69) is 20.7 Å². The molecule has 4 rings (SSSR count). The maximum atomic E-state index is 12.4. The molecule has 0 spiro atoms. The van der Waals surface area contributed by atoms with E-state index in [1.54, 1.807) is 13.3 Å². The highest BCUT2D eigenvalue weighted by atomic mass is 35.5. The van der Waals surface area contributed by atoms with Gasteiger partial charge in [0.15, 0.2) is 11.0 Å². The van der Waals surface area contributed by atoms with Gasteiger partial charge in [-0.25, -0.2) is 5.43 Å². The van der Waals surface area contributed by atoms with Crippen LogP contribution >= 0.6 is 23.4 Å². The molecule has 3 aromatic carbocycles. The second-order valence-corrected chi connectivity index (χ2v) is 8.42. The van der Waals surface area contributed by atoms with Crippen molar-refractivity contribution in [3.05, 3.63) is 71.2 Å². The van der Waals surface area contributed by atoms with Gasteiger partial charge in [-0.2, -0.15) is 5.10 Å². The van der Waals surface area contributed by atoms with Gasteiger partial charge in [0.2, 0.25) is 0 Å². The third kappa shape index (κ3) is 5.18. The first-order valence-electron chi connectivity index (χ1n) is 10.3. The molecule has 0 aliphatic heterocycles. The van der Waals surface area contributed by atoms with E-state index < -0.39 is 0 Å². The Hall–Kier alpha value is -3.36. The van der Waals surface area contributed by atoms with Crippen LogP contribution in [0.3, 0.4) is 0 Å². The number of fused-ring (bicyclic) bond motifs is 1. The zero-order valence-corrected chi connectivity index (χ0v) is 19.7. The molecule has 0 saturated heterocycles. The van der Waals surface area contributed by atoms with Crippen LogP contribution in [0.25, 0.3) is 22.2 Å². The summed E-state index contributed by atoms with van der Waals surface area (Å²) in [4.78, 5) is 12.4. The van der Waals surface area contributed by atoms with Crippen molar-refractivity contribution in [1.29, 1.82) is 0 Å². The lowest BCUT2D eigenvalue weighted by Crippen LogP contribution is -2.20. The minimum Gasteiger partial charge on any atom is -0.496 e. The standard InChI is InChI=1S/C24H22ClN5O2S/c1-3-30-23(17-8-11-18(25)12-9-17)28-29-24(30)33-15-22(31)27-26-14-20-19-7-5-4-6-16(19)10-13-21(20)32-2/h4-14H,3,15H2,1-2H3,(H,27,31)/b26-14+. The van der Waals surface area contributed by atoms with Crippen LogP contribution in [0.4, 0.5) is 0 Å². The third-order valence-electron chi connectivity index (χ3n) is 5.00. The summed E-state index contributed by atoms with van der Waals surface area (Å²) in [6.07, 6.45) is 1.61. The summed E-state index contributed by atoms with van der Waals surface area (Å²) < 4.78 is 7.42. The number of methoxy groups -OCH3 is 1. The number of carbonyl (C=O) groups is 1. The minimum atomic E-state index is -0.242. The number of hydrogen-bond donors (Lipinski definition) is 1. The maximum absolute atomic E-state index is 12.4. The minimum absolute atomic E-state index is 0.156. The van der Waals surface area contributed by atoms with Gasteiger partial charge in [0.05, 0.1) is 19.1 Å². The fourth-order valence-electron chi connectivity index (χ4n) is 3.41. The average molecular weight is 480 g/mol. The molecular weight excluding hydrogens is 458 g/mol. The van der Waals surface area contributed by atoms with Crippen LogP contribution in [0.1, 0.15) is 12.5 Å². The highest BCUT2D eigenvalue weighted by molar-refractivity contribution is 7.99. The zero-order chi connectivity index (χ0) is 23.2. The number of ether oxygens (including phenoxy) is 1. The number of nitrogens with one attached hydrogen (secondary N) is 1. The van der Waals surface area contributed by atoms with E-state index in [1.807, 2.05) is 72.2 Å². The first-order chi connectivity index (χ1) is 16.1. The van der Waals surface area contributed by atoms with Crippen LogP contribution in [0, 0.1) is 0 Å². The van der Waals surface area contributed by atoms with Gasteiger partial charge in [0.25, 0.3) is 5.91 Å². The quantitative estimate of drug-likeness (QED) is 0.218. The summed E-state index contributed by atoms with van der Waals surface area (Å²) in [5.41, 5.74) is 4.30. The van der Waals surface area contributed by atoms with E-state index in [1.165, 1.54) is 11.8 Å². The van der Waals surface area contributed by atoms with Gasteiger partial charge in [0, 0.05) is 22.7 Å². The third-order valence-corrected chi connectivity index (χ3v) is 6.22. The van der Waals surface area contributed by atoms with Gasteiger partial charge in [0.1, 0.15) is 5.75 Å². The fraction of sp³-hybridized carbons (Fsp3) is 0.167. The van der Waals surface area contributed by atoms with Crippen molar-refractivity contribution >= 4 is 46.3 Å². The number of hydrazone groups is 1. The molecule has 0 aliphatic rings. The number of rotatable bonds is 8. The van der Waals surface area contributed by atoms with E-state index in [0.717, 1.165) is 27.7 Å². The monoisotopic (exact) mass is 479 g/mol. The molecule has 0 fully saturated rings. The Kier molecular flexibility index (Phi) is 7.26. The molecule has 0 unspecified atom stereocenters. The Balaban J connectivity index is 1.42. The van der Waals surface area contributed by atoms with Crippen molar-refractivity contribution < 1.29 is 9.53 Å². The molecule has 4 aromatic rings. The van der Waals surface area contributed by atoms with Crippen molar-refractivity contribution in [2.45, 2.75) is 18.6 Å². The zero-order valence-electron chi connectivity index (χ0n) is 18.2. The second-order valence-electron chi connectivity index (χ2n) is 7.04. The summed E-state index contributed by atoms with van der Waals surface area (Å²) in [5.74, 6) is 1.34. The first kappa shape index (κ1) is 22.8. The summed E-state index contributed by atoms with van der Waals surface area (Å²) in [7, 11) is 1.61. The maximum Gasteiger partial charge on any atom is 0.250 e. The molecular formula is C24H22ClN5O2S. The molecule has 1 aromatic heterocycles. The van der Waals surface area contributed by atoms with Crippen molar-refractivity contribution in [3.8, 4) is 17.1 Å². The van der Waals surface area contributed by atoms with Crippen LogP contribution < -0.4 is 10.2 Å². The Bertz CT molecular complexity index is 1300. The molecule has 0 atom stereocenters. The van der Waals surface area contributed by atoms with Crippen molar-refractivity contribution in [1.82, 2.24) is 20.2 Å². The molecule has 1 heterocycles. The molecule has 33 heavy (non-hydrogen) atoms. The number of nitrogens with zero attached hydrogens (tertiary/aromatic N) is 4. The molecule has 168 valence electrons. The predicted molar refractivity (Wildman–Crippen MR) is 133 cm³/mol.